The number of nitrogens with one attached hydrogen (secondary N) is 2. The number of amides is 1. The Morgan fingerprint density at radius 2 is 1.74 bits per heavy atom. The third kappa shape index (κ3) is 7.41. The molecular formula is C30H35N3O5. The molecule has 1 amide bonds. The van der Waals surface area contributed by atoms with Crippen molar-refractivity contribution in [3.63, 3.8) is 0 Å². The van der Waals surface area contributed by atoms with Crippen molar-refractivity contribution in [3.05, 3.63) is 83.9 Å². The molecule has 8 nitrogen and oxygen atoms in total. The smallest absolute Gasteiger partial charge is 0.411 e. The average Bonchev–Trinajstić information content (AvgIpc) is 2.96. The maximum atomic E-state index is 12.6. The average molecular weight is 518 g/mol. The van der Waals surface area contributed by atoms with Crippen molar-refractivity contribution < 1.29 is 24.2 Å². The lowest BCUT2D eigenvalue weighted by molar-refractivity contribution is 0.0593. The summed E-state index contributed by atoms with van der Waals surface area (Å²) >= 11 is 0. The second kappa shape index (κ2) is 13.7. The fraction of sp³-hybridized carbons (Fsp3) is 0.333. The van der Waals surface area contributed by atoms with Gasteiger partial charge in [0.1, 0.15) is 11.9 Å². The van der Waals surface area contributed by atoms with E-state index >= 15 is 0 Å². The zero-order valence-corrected chi connectivity index (χ0v) is 21.7. The number of methoxy groups -OCH3 is 1. The molecule has 0 bridgehead atoms. The second-order valence-electron chi connectivity index (χ2n) is 9.28. The molecule has 0 spiro atoms. The van der Waals surface area contributed by atoms with Gasteiger partial charge in [0, 0.05) is 31.7 Å². The van der Waals surface area contributed by atoms with Crippen molar-refractivity contribution in [3.8, 4) is 16.9 Å². The molecule has 1 saturated heterocycles. The van der Waals surface area contributed by atoms with Crippen LogP contribution in [0, 0.1) is 0 Å². The van der Waals surface area contributed by atoms with E-state index in [0.717, 1.165) is 49.3 Å². The summed E-state index contributed by atoms with van der Waals surface area (Å²) in [7, 11) is 1.52. The molecule has 0 radical (unpaired) electrons. The van der Waals surface area contributed by atoms with E-state index in [4.69, 9.17) is 9.47 Å². The minimum atomic E-state index is -0.436. The Morgan fingerprint density at radius 1 is 1.00 bits per heavy atom. The van der Waals surface area contributed by atoms with Gasteiger partial charge >= 0.3 is 6.09 Å². The molecule has 3 aromatic rings. The van der Waals surface area contributed by atoms with Gasteiger partial charge in [0.25, 0.3) is 0 Å². The van der Waals surface area contributed by atoms with Crippen molar-refractivity contribution in [1.82, 2.24) is 10.2 Å². The first-order valence-corrected chi connectivity index (χ1v) is 12.9. The van der Waals surface area contributed by atoms with Crippen molar-refractivity contribution in [1.29, 1.82) is 0 Å². The highest BCUT2D eigenvalue weighted by atomic mass is 16.6. The van der Waals surface area contributed by atoms with Crippen LogP contribution in [0.4, 0.5) is 10.5 Å². The van der Waals surface area contributed by atoms with E-state index in [1.54, 1.807) is 18.2 Å². The maximum absolute atomic E-state index is 12.6. The van der Waals surface area contributed by atoms with E-state index < -0.39 is 6.09 Å². The van der Waals surface area contributed by atoms with E-state index in [1.165, 1.54) is 7.11 Å². The minimum Gasteiger partial charge on any atom is -0.496 e. The number of aliphatic hydroxyl groups excluding tert-OH is 1. The molecule has 1 fully saturated rings. The van der Waals surface area contributed by atoms with Crippen LogP contribution in [-0.2, 0) is 11.3 Å². The normalized spacial score (nSPS) is 14.2. The first-order valence-electron chi connectivity index (χ1n) is 12.9. The number of carbonyl (C=O) groups excluding carboxylic acids is 2. The number of likely N-dealkylation sites (tertiary alicyclic amines) is 1. The van der Waals surface area contributed by atoms with Gasteiger partial charge in [-0.2, -0.15) is 0 Å². The van der Waals surface area contributed by atoms with E-state index in [2.05, 4.69) is 15.5 Å². The van der Waals surface area contributed by atoms with Crippen LogP contribution >= 0.6 is 0 Å². The van der Waals surface area contributed by atoms with Gasteiger partial charge < -0.3 is 24.8 Å². The third-order valence-electron chi connectivity index (χ3n) is 6.70. The summed E-state index contributed by atoms with van der Waals surface area (Å²) < 4.78 is 11.0. The molecular weight excluding hydrogens is 482 g/mol. The van der Waals surface area contributed by atoms with Gasteiger partial charge in [-0.1, -0.05) is 54.6 Å². The molecule has 0 aromatic heterocycles. The summed E-state index contributed by atoms with van der Waals surface area (Å²) in [6.45, 7) is 3.23. The van der Waals surface area contributed by atoms with Crippen LogP contribution in [0.15, 0.2) is 72.8 Å². The molecule has 0 aliphatic carbocycles. The number of nitrogens with zero attached hydrogens (tertiary/aromatic N) is 1. The van der Waals surface area contributed by atoms with Crippen molar-refractivity contribution in [2.75, 3.05) is 45.2 Å². The van der Waals surface area contributed by atoms with Gasteiger partial charge in [0.15, 0.2) is 5.78 Å². The lowest BCUT2D eigenvalue weighted by Crippen LogP contribution is -2.42. The van der Waals surface area contributed by atoms with E-state index in [-0.39, 0.29) is 25.0 Å². The monoisotopic (exact) mass is 517 g/mol. The molecule has 38 heavy (non-hydrogen) atoms. The summed E-state index contributed by atoms with van der Waals surface area (Å²) in [5.41, 5.74) is 3.91. The summed E-state index contributed by atoms with van der Waals surface area (Å²) in [5, 5.41) is 15.4. The molecule has 0 atom stereocenters. The van der Waals surface area contributed by atoms with Crippen LogP contribution < -0.4 is 15.4 Å². The van der Waals surface area contributed by atoms with Crippen molar-refractivity contribution in [2.45, 2.75) is 25.6 Å². The molecule has 3 N–H and O–H groups in total. The Morgan fingerprint density at radius 3 is 2.47 bits per heavy atom. The molecule has 1 heterocycles. The number of ether oxygens (including phenoxy) is 2. The highest BCUT2D eigenvalue weighted by Gasteiger charge is 2.22. The van der Waals surface area contributed by atoms with Crippen LogP contribution in [0.2, 0.25) is 0 Å². The molecule has 1 aliphatic heterocycles. The molecule has 1 aliphatic rings. The van der Waals surface area contributed by atoms with Crippen LogP contribution in [0.25, 0.3) is 11.1 Å². The van der Waals surface area contributed by atoms with Crippen LogP contribution in [0.1, 0.15) is 28.8 Å². The number of para-hydroxylation sites is 1. The zero-order valence-electron chi connectivity index (χ0n) is 21.7. The number of ketones is 1. The largest absolute Gasteiger partial charge is 0.496 e. The summed E-state index contributed by atoms with van der Waals surface area (Å²) in [5.74, 6) is 0.413. The highest BCUT2D eigenvalue weighted by Crippen LogP contribution is 2.28. The predicted molar refractivity (Wildman–Crippen MR) is 148 cm³/mol. The van der Waals surface area contributed by atoms with Gasteiger partial charge in [-0.05, 0) is 42.2 Å². The number of anilines is 1. The minimum absolute atomic E-state index is 0.0571. The number of benzene rings is 3. The predicted octanol–water partition coefficient (Wildman–Crippen LogP) is 4.34. The number of hydrogen-bond donors (Lipinski definition) is 3. The molecule has 8 heteroatoms. The lowest BCUT2D eigenvalue weighted by atomic mass is 10.0. The Hall–Kier alpha value is -3.72. The van der Waals surface area contributed by atoms with E-state index in [9.17, 15) is 14.7 Å². The van der Waals surface area contributed by atoms with Gasteiger partial charge in [-0.25, -0.2) is 4.79 Å². The van der Waals surface area contributed by atoms with E-state index in [0.29, 0.717) is 23.4 Å². The summed E-state index contributed by atoms with van der Waals surface area (Å²) in [6, 6.07) is 22.7. The van der Waals surface area contributed by atoms with Gasteiger partial charge in [-0.3, -0.25) is 10.1 Å². The summed E-state index contributed by atoms with van der Waals surface area (Å²) in [4.78, 5) is 27.5. The Balaban J connectivity index is 1.17. The molecule has 3 aromatic carbocycles. The standard InChI is InChI=1S/C30H35N3O5/c1-37-29-19-22(21-34)11-12-26(29)28(35)20-31-15-18-33-16-13-24(14-17-33)38-30(36)32-27-10-6-5-9-25(27)23-7-3-2-4-8-23/h2-12,19,24,31,34H,13-18,20-21H2,1H3,(H,32,36). The van der Waals surface area contributed by atoms with Crippen LogP contribution in [-0.4, -0.2) is 67.8 Å². The van der Waals surface area contributed by atoms with Gasteiger partial charge in [0.05, 0.1) is 31.5 Å². The number of piperidine rings is 1. The molecule has 4 rings (SSSR count). The molecule has 0 saturated carbocycles. The topological polar surface area (TPSA) is 100 Å². The van der Waals surface area contributed by atoms with E-state index in [1.807, 2.05) is 54.6 Å². The number of carbonyl (C=O) groups is 2. The first-order chi connectivity index (χ1) is 18.6. The highest BCUT2D eigenvalue weighted by molar-refractivity contribution is 6.00. The Bertz CT molecular complexity index is 1210. The van der Waals surface area contributed by atoms with Crippen molar-refractivity contribution >= 4 is 17.6 Å². The van der Waals surface area contributed by atoms with Gasteiger partial charge in [0.2, 0.25) is 0 Å². The first kappa shape index (κ1) is 27.3. The molecule has 0 unspecified atom stereocenters. The fourth-order valence-electron chi connectivity index (χ4n) is 4.60. The second-order valence-corrected chi connectivity index (χ2v) is 9.28. The number of aliphatic hydroxyl groups is 1. The lowest BCUT2D eigenvalue weighted by Gasteiger charge is -2.31. The van der Waals surface area contributed by atoms with Crippen LogP contribution in [0.3, 0.4) is 0 Å². The Labute approximate surface area is 223 Å². The number of rotatable bonds is 11. The summed E-state index contributed by atoms with van der Waals surface area (Å²) in [6.07, 6.45) is 0.968. The quantitative estimate of drug-likeness (QED) is 0.257. The number of hydrogen-bond acceptors (Lipinski definition) is 7. The fourth-order valence-corrected chi connectivity index (χ4v) is 4.60. The Kier molecular flexibility index (Phi) is 9.86. The van der Waals surface area contributed by atoms with Crippen LogP contribution in [0.5, 0.6) is 5.75 Å². The van der Waals surface area contributed by atoms with Gasteiger partial charge in [-0.15, -0.1) is 0 Å². The SMILES string of the molecule is COc1cc(CO)ccc1C(=O)CNCCN1CCC(OC(=O)Nc2ccccc2-c2ccccc2)CC1. The molecule has 200 valence electrons. The van der Waals surface area contributed by atoms with Crippen molar-refractivity contribution in [2.24, 2.45) is 0 Å². The maximum Gasteiger partial charge on any atom is 0.411 e. The number of Topliss-reactive ketones (excluding diaryl/α,β-unsaturated/α-hetero) is 1. The zero-order chi connectivity index (χ0) is 26.7. The third-order valence-corrected chi connectivity index (χ3v) is 6.70.